The molecule has 12 heteroatoms. The minimum Gasteiger partial charge on any atom is -0.465 e. The van der Waals surface area contributed by atoms with E-state index in [4.69, 9.17) is 21.4 Å². The Morgan fingerprint density at radius 3 is 2.54 bits per heavy atom. The Morgan fingerprint density at radius 1 is 1.10 bits per heavy atom. The van der Waals surface area contributed by atoms with E-state index in [1.54, 1.807) is 0 Å². The fourth-order valence-electron chi connectivity index (χ4n) is 5.30. The van der Waals surface area contributed by atoms with Crippen molar-refractivity contribution in [2.75, 3.05) is 23.7 Å². The fraction of sp³-hybridized carbons (Fsp3) is 0.241. The van der Waals surface area contributed by atoms with Crippen LogP contribution in [-0.2, 0) is 21.6 Å². The molecule has 0 saturated carbocycles. The molecule has 3 aromatic rings. The van der Waals surface area contributed by atoms with Crippen LogP contribution in [0.5, 0.6) is 0 Å². The van der Waals surface area contributed by atoms with Gasteiger partial charge in [-0.1, -0.05) is 41.9 Å². The van der Waals surface area contributed by atoms with Crippen molar-refractivity contribution in [2.45, 2.75) is 30.9 Å². The summed E-state index contributed by atoms with van der Waals surface area (Å²) in [6, 6.07) is 16.7. The first-order chi connectivity index (χ1) is 19.6. The van der Waals surface area contributed by atoms with Crippen LogP contribution in [0.1, 0.15) is 34.3 Å². The summed E-state index contributed by atoms with van der Waals surface area (Å²) >= 11 is 6.07. The molecule has 2 aliphatic heterocycles. The molecule has 3 aromatic carbocycles. The summed E-state index contributed by atoms with van der Waals surface area (Å²) in [6.45, 7) is 0.181. The van der Waals surface area contributed by atoms with E-state index >= 15 is 4.39 Å². The minimum absolute atomic E-state index is 0.0841. The zero-order chi connectivity index (χ0) is 29.1. The zero-order valence-electron chi connectivity index (χ0n) is 21.7. The van der Waals surface area contributed by atoms with Gasteiger partial charge >= 0.3 is 12.2 Å². The maximum atomic E-state index is 15.3. The smallest absolute Gasteiger partial charge is 0.412 e. The highest BCUT2D eigenvalue weighted by atomic mass is 35.5. The number of nitrogens with one attached hydrogen (secondary N) is 3. The highest BCUT2D eigenvalue weighted by molar-refractivity contribution is 6.31. The number of likely N-dealkylation sites (tertiary alicyclic amines) is 1. The van der Waals surface area contributed by atoms with Crippen molar-refractivity contribution < 1.29 is 33.4 Å². The lowest BCUT2D eigenvalue weighted by Crippen LogP contribution is -2.57. The molecule has 5 rings (SSSR count). The molecule has 0 bridgehead atoms. The van der Waals surface area contributed by atoms with E-state index in [0.717, 1.165) is 5.56 Å². The number of ether oxygens (including phenoxy) is 1. The van der Waals surface area contributed by atoms with Crippen molar-refractivity contribution in [3.8, 4) is 0 Å². The third kappa shape index (κ3) is 5.94. The number of halogens is 2. The number of carbonyl (C=O) groups is 4. The topological polar surface area (TPSA) is 137 Å². The highest BCUT2D eigenvalue weighted by Crippen LogP contribution is 2.45. The summed E-state index contributed by atoms with van der Waals surface area (Å²) in [4.78, 5) is 52.0. The summed E-state index contributed by atoms with van der Waals surface area (Å²) < 4.78 is 21.0. The van der Waals surface area contributed by atoms with Gasteiger partial charge in [0.1, 0.15) is 6.04 Å². The van der Waals surface area contributed by atoms with Crippen LogP contribution in [0.15, 0.2) is 66.7 Å². The second kappa shape index (κ2) is 11.5. The monoisotopic (exact) mass is 580 g/mol. The lowest BCUT2D eigenvalue weighted by atomic mass is 9.82. The first-order valence-corrected chi connectivity index (χ1v) is 13.2. The number of piperidine rings is 1. The molecule has 10 nitrogen and oxygen atoms in total. The molecule has 1 fully saturated rings. The van der Waals surface area contributed by atoms with Gasteiger partial charge in [0.15, 0.2) is 11.4 Å². The standard InChI is InChI=1S/C29H26ClFN4O6/c30-20-11-12-21-23(24(20)31)29(41-28(40)34-21)13-4-14-35(16-29)26(37)22(15-17-5-2-1-3-6-17)33-25(36)18-7-9-19(10-8-18)32-27(38)39/h1-3,5-12,22,32H,4,13-16H2,(H,33,36)(H,34,40)(H,38,39)/t22-,29-/m0/s1. The maximum absolute atomic E-state index is 15.3. The number of carboxylic acid groups (broad SMARTS) is 1. The number of anilines is 2. The lowest BCUT2D eigenvalue weighted by Gasteiger charge is -2.45. The van der Waals surface area contributed by atoms with E-state index in [9.17, 15) is 19.2 Å². The SMILES string of the molecule is O=C(O)Nc1ccc(C(=O)N[C@@H](Cc2ccccc2)C(=O)N2CCC[C@@]3(C2)OC(=O)Nc2ccc(Cl)c(F)c23)cc1. The molecule has 2 aliphatic rings. The fourth-order valence-corrected chi connectivity index (χ4v) is 5.46. The lowest BCUT2D eigenvalue weighted by molar-refractivity contribution is -0.141. The second-order valence-corrected chi connectivity index (χ2v) is 10.3. The first kappa shape index (κ1) is 27.9. The molecule has 1 saturated heterocycles. The number of hydrogen-bond donors (Lipinski definition) is 4. The Labute approximate surface area is 239 Å². The van der Waals surface area contributed by atoms with E-state index in [2.05, 4.69) is 16.0 Å². The van der Waals surface area contributed by atoms with Gasteiger partial charge in [-0.2, -0.15) is 0 Å². The molecule has 4 amide bonds. The Kier molecular flexibility index (Phi) is 7.80. The molecule has 0 aliphatic carbocycles. The molecule has 2 heterocycles. The van der Waals surface area contributed by atoms with Gasteiger partial charge in [-0.25, -0.2) is 14.0 Å². The Bertz CT molecular complexity index is 1500. The molecule has 4 N–H and O–H groups in total. The van der Waals surface area contributed by atoms with Crippen molar-refractivity contribution in [3.05, 3.63) is 94.3 Å². The van der Waals surface area contributed by atoms with Crippen LogP contribution in [0.2, 0.25) is 5.02 Å². The van der Waals surface area contributed by atoms with E-state index < -0.39 is 41.5 Å². The molecule has 0 aromatic heterocycles. The third-order valence-electron chi connectivity index (χ3n) is 7.13. The molecule has 0 unspecified atom stereocenters. The van der Waals surface area contributed by atoms with Crippen LogP contribution in [0.4, 0.5) is 25.4 Å². The number of rotatable bonds is 6. The summed E-state index contributed by atoms with van der Waals surface area (Å²) in [5, 5.41) is 16.3. The average Bonchev–Trinajstić information content (AvgIpc) is 2.94. The van der Waals surface area contributed by atoms with Crippen LogP contribution in [0.25, 0.3) is 0 Å². The number of hydrogen-bond acceptors (Lipinski definition) is 5. The number of benzene rings is 3. The van der Waals surface area contributed by atoms with Crippen LogP contribution in [0, 0.1) is 5.82 Å². The molecule has 41 heavy (non-hydrogen) atoms. The second-order valence-electron chi connectivity index (χ2n) is 9.88. The van der Waals surface area contributed by atoms with Crippen molar-refractivity contribution >= 4 is 47.0 Å². The molecule has 0 radical (unpaired) electrons. The Morgan fingerprint density at radius 2 is 1.83 bits per heavy atom. The van der Waals surface area contributed by atoms with Crippen molar-refractivity contribution in [1.82, 2.24) is 10.2 Å². The number of nitrogens with zero attached hydrogens (tertiary/aromatic N) is 1. The van der Waals surface area contributed by atoms with E-state index in [-0.39, 0.29) is 46.9 Å². The molecule has 2 atom stereocenters. The predicted molar refractivity (Wildman–Crippen MR) is 148 cm³/mol. The summed E-state index contributed by atoms with van der Waals surface area (Å²) in [7, 11) is 0. The number of amides is 4. The molecule has 212 valence electrons. The van der Waals surface area contributed by atoms with Crippen molar-refractivity contribution in [3.63, 3.8) is 0 Å². The van der Waals surface area contributed by atoms with Gasteiger partial charge in [-0.3, -0.25) is 20.2 Å². The normalized spacial score (nSPS) is 18.5. The predicted octanol–water partition coefficient (Wildman–Crippen LogP) is 4.99. The van der Waals surface area contributed by atoms with Crippen molar-refractivity contribution in [2.24, 2.45) is 0 Å². The minimum atomic E-state index is -1.45. The summed E-state index contributed by atoms with van der Waals surface area (Å²) in [5.74, 6) is -1.69. The summed E-state index contributed by atoms with van der Waals surface area (Å²) in [6.07, 6.45) is -1.14. The number of fused-ring (bicyclic) bond motifs is 2. The number of carbonyl (C=O) groups excluding carboxylic acids is 3. The highest BCUT2D eigenvalue weighted by Gasteiger charge is 2.49. The van der Waals surface area contributed by atoms with Gasteiger partial charge in [0.2, 0.25) is 5.91 Å². The maximum Gasteiger partial charge on any atom is 0.412 e. The molecular weight excluding hydrogens is 555 g/mol. The average molecular weight is 581 g/mol. The van der Waals surface area contributed by atoms with E-state index in [1.165, 1.54) is 41.3 Å². The van der Waals surface area contributed by atoms with Gasteiger partial charge in [0.25, 0.3) is 5.91 Å². The van der Waals surface area contributed by atoms with Gasteiger partial charge in [0.05, 0.1) is 22.8 Å². The Balaban J connectivity index is 1.42. The Hall–Kier alpha value is -4.64. The van der Waals surface area contributed by atoms with Gasteiger partial charge < -0.3 is 20.1 Å². The van der Waals surface area contributed by atoms with Crippen LogP contribution >= 0.6 is 11.6 Å². The first-order valence-electron chi connectivity index (χ1n) is 12.9. The van der Waals surface area contributed by atoms with Crippen LogP contribution in [0.3, 0.4) is 0 Å². The summed E-state index contributed by atoms with van der Waals surface area (Å²) in [5.41, 5.74) is 0.173. The van der Waals surface area contributed by atoms with Crippen LogP contribution in [-0.4, -0.2) is 53.1 Å². The quantitative estimate of drug-likeness (QED) is 0.324. The van der Waals surface area contributed by atoms with Gasteiger partial charge in [-0.15, -0.1) is 0 Å². The van der Waals surface area contributed by atoms with E-state index in [1.807, 2.05) is 30.3 Å². The largest absolute Gasteiger partial charge is 0.465 e. The zero-order valence-corrected chi connectivity index (χ0v) is 22.4. The van der Waals surface area contributed by atoms with Gasteiger partial charge in [-0.05, 0) is 54.8 Å². The van der Waals surface area contributed by atoms with Crippen LogP contribution < -0.4 is 16.0 Å². The van der Waals surface area contributed by atoms with Crippen molar-refractivity contribution in [1.29, 1.82) is 0 Å². The molecular formula is C29H26ClFN4O6. The third-order valence-corrected chi connectivity index (χ3v) is 7.42. The molecule has 1 spiro atoms. The van der Waals surface area contributed by atoms with Gasteiger partial charge in [0, 0.05) is 24.2 Å². The van der Waals surface area contributed by atoms with E-state index in [0.29, 0.717) is 13.0 Å².